The standard InChI is InChI=1S/C25H32F4N2O4/c1-16(2)13-20(23(32)34-3)30-22(25(27,28)29)18-15-24(26,33)19(17-7-5-4-6-8-17)14-21(18)31-9-11-35-12-10-31/h4-8,14,16,20,22,30,33H,9-13,15H2,1-3H3. The Morgan fingerprint density at radius 1 is 1.23 bits per heavy atom. The predicted molar refractivity (Wildman–Crippen MR) is 123 cm³/mol. The molecule has 2 N–H and O–H groups in total. The molecule has 0 spiro atoms. The van der Waals surface area contributed by atoms with Gasteiger partial charge in [-0.2, -0.15) is 13.2 Å². The largest absolute Gasteiger partial charge is 0.468 e. The van der Waals surface area contributed by atoms with E-state index in [4.69, 9.17) is 9.47 Å². The minimum absolute atomic E-state index is 0.0877. The van der Waals surface area contributed by atoms with Gasteiger partial charge in [0.05, 0.1) is 20.3 Å². The molecule has 1 fully saturated rings. The smallest absolute Gasteiger partial charge is 0.407 e. The van der Waals surface area contributed by atoms with Gasteiger partial charge in [0.15, 0.2) is 0 Å². The lowest BCUT2D eigenvalue weighted by atomic mass is 9.83. The summed E-state index contributed by atoms with van der Waals surface area (Å²) in [6, 6.07) is 4.58. The molecule has 1 aromatic carbocycles. The fraction of sp³-hybridized carbons (Fsp3) is 0.560. The summed E-state index contributed by atoms with van der Waals surface area (Å²) in [5.74, 6) is -3.99. The molecule has 10 heteroatoms. The van der Waals surface area contributed by atoms with E-state index in [2.05, 4.69) is 5.32 Å². The van der Waals surface area contributed by atoms with Crippen LogP contribution in [-0.4, -0.2) is 73.5 Å². The summed E-state index contributed by atoms with van der Waals surface area (Å²) in [5, 5.41) is 13.1. The quantitative estimate of drug-likeness (QED) is 0.418. The lowest BCUT2D eigenvalue weighted by Crippen LogP contribution is -2.54. The molecule has 3 rings (SSSR count). The number of aliphatic hydroxyl groups is 1. The molecule has 0 amide bonds. The Balaban J connectivity index is 2.15. The van der Waals surface area contributed by atoms with E-state index in [9.17, 15) is 23.1 Å². The van der Waals surface area contributed by atoms with Crippen molar-refractivity contribution in [3.8, 4) is 0 Å². The molecule has 0 aromatic heterocycles. The molecule has 35 heavy (non-hydrogen) atoms. The summed E-state index contributed by atoms with van der Waals surface area (Å²) in [6.45, 7) is 4.75. The number of ether oxygens (including phenoxy) is 2. The van der Waals surface area contributed by atoms with E-state index < -0.39 is 36.5 Å². The van der Waals surface area contributed by atoms with Crippen molar-refractivity contribution in [2.75, 3.05) is 33.4 Å². The van der Waals surface area contributed by atoms with Gasteiger partial charge in [-0.3, -0.25) is 10.1 Å². The molecule has 1 saturated heterocycles. The van der Waals surface area contributed by atoms with E-state index >= 15 is 4.39 Å². The van der Waals surface area contributed by atoms with Gasteiger partial charge >= 0.3 is 12.1 Å². The number of hydrogen-bond donors (Lipinski definition) is 2. The first-order valence-corrected chi connectivity index (χ1v) is 11.6. The number of hydrogen-bond acceptors (Lipinski definition) is 6. The number of carbonyl (C=O) groups excluding carboxylic acids is 1. The summed E-state index contributed by atoms with van der Waals surface area (Å²) in [5.41, 5.74) is 0.0428. The van der Waals surface area contributed by atoms with Gasteiger partial charge in [-0.1, -0.05) is 44.2 Å². The Labute approximate surface area is 202 Å². The predicted octanol–water partition coefficient (Wildman–Crippen LogP) is 3.83. The second-order valence-corrected chi connectivity index (χ2v) is 9.22. The van der Waals surface area contributed by atoms with Crippen LogP contribution in [0.1, 0.15) is 32.3 Å². The minimum atomic E-state index is -4.87. The van der Waals surface area contributed by atoms with Crippen molar-refractivity contribution in [3.63, 3.8) is 0 Å². The SMILES string of the molecule is COC(=O)C(CC(C)C)NC(C1=C(N2CCOCC2)C=C(c2ccccc2)C(O)(F)C1)C(F)(F)F. The first-order valence-electron chi connectivity index (χ1n) is 11.6. The number of allylic oxidation sites excluding steroid dienone is 1. The van der Waals surface area contributed by atoms with E-state index in [1.54, 1.807) is 49.1 Å². The number of rotatable bonds is 8. The lowest BCUT2D eigenvalue weighted by Gasteiger charge is -2.40. The topological polar surface area (TPSA) is 71.0 Å². The van der Waals surface area contributed by atoms with Crippen LogP contribution >= 0.6 is 0 Å². The van der Waals surface area contributed by atoms with Crippen LogP contribution in [0, 0.1) is 5.92 Å². The van der Waals surface area contributed by atoms with Gasteiger partial charge in [0, 0.05) is 30.8 Å². The number of methoxy groups -OCH3 is 1. The maximum Gasteiger partial charge on any atom is 0.407 e. The van der Waals surface area contributed by atoms with Crippen molar-refractivity contribution >= 4 is 11.5 Å². The summed E-state index contributed by atoms with van der Waals surface area (Å²) >= 11 is 0. The maximum atomic E-state index is 15.7. The maximum absolute atomic E-state index is 15.7. The Kier molecular flexibility index (Phi) is 8.61. The molecule has 1 aromatic rings. The summed E-state index contributed by atoms with van der Waals surface area (Å²) in [4.78, 5) is 14.0. The monoisotopic (exact) mass is 500 g/mol. The molecular formula is C25H32F4N2O4. The van der Waals surface area contributed by atoms with Crippen molar-refractivity contribution in [2.24, 2.45) is 5.92 Å². The number of alkyl halides is 4. The van der Waals surface area contributed by atoms with Crippen LogP contribution in [0.2, 0.25) is 0 Å². The van der Waals surface area contributed by atoms with Crippen molar-refractivity contribution < 1.29 is 36.9 Å². The summed E-state index contributed by atoms with van der Waals surface area (Å²) in [6.07, 6.45) is -4.41. The first kappa shape index (κ1) is 27.2. The van der Waals surface area contributed by atoms with Crippen LogP contribution in [0.4, 0.5) is 17.6 Å². The Morgan fingerprint density at radius 2 is 1.86 bits per heavy atom. The summed E-state index contributed by atoms with van der Waals surface area (Å²) in [7, 11) is 1.11. The average Bonchev–Trinajstić information content (AvgIpc) is 2.80. The molecule has 1 aliphatic carbocycles. The molecule has 0 saturated carbocycles. The molecular weight excluding hydrogens is 468 g/mol. The van der Waals surface area contributed by atoms with Crippen LogP contribution in [-0.2, 0) is 14.3 Å². The highest BCUT2D eigenvalue weighted by molar-refractivity contribution is 5.77. The van der Waals surface area contributed by atoms with Crippen molar-refractivity contribution in [2.45, 2.75) is 50.8 Å². The van der Waals surface area contributed by atoms with Gasteiger partial charge in [0.1, 0.15) is 12.1 Å². The Bertz CT molecular complexity index is 939. The third-order valence-electron chi connectivity index (χ3n) is 6.12. The third kappa shape index (κ3) is 6.62. The molecule has 194 valence electrons. The second-order valence-electron chi connectivity index (χ2n) is 9.22. The zero-order chi connectivity index (χ0) is 25.8. The highest BCUT2D eigenvalue weighted by atomic mass is 19.4. The van der Waals surface area contributed by atoms with Gasteiger partial charge in [-0.25, -0.2) is 4.39 Å². The van der Waals surface area contributed by atoms with Crippen LogP contribution in [0.25, 0.3) is 5.57 Å². The molecule has 3 atom stereocenters. The Hall–Kier alpha value is -2.43. The average molecular weight is 501 g/mol. The van der Waals surface area contributed by atoms with Crippen molar-refractivity contribution in [3.05, 3.63) is 53.2 Å². The van der Waals surface area contributed by atoms with E-state index in [-0.39, 0.29) is 29.2 Å². The van der Waals surface area contributed by atoms with Gasteiger partial charge < -0.3 is 19.5 Å². The molecule has 6 nitrogen and oxygen atoms in total. The number of morpholine rings is 1. The minimum Gasteiger partial charge on any atom is -0.468 e. The lowest BCUT2D eigenvalue weighted by molar-refractivity contribution is -0.158. The van der Waals surface area contributed by atoms with Crippen molar-refractivity contribution in [1.82, 2.24) is 10.2 Å². The first-order chi connectivity index (χ1) is 16.4. The molecule has 0 bridgehead atoms. The van der Waals surface area contributed by atoms with Crippen LogP contribution < -0.4 is 5.32 Å². The van der Waals surface area contributed by atoms with E-state index in [1.807, 2.05) is 0 Å². The summed E-state index contributed by atoms with van der Waals surface area (Å²) < 4.78 is 69.1. The van der Waals surface area contributed by atoms with Gasteiger partial charge in [-0.05, 0) is 29.6 Å². The number of nitrogens with one attached hydrogen (secondary N) is 1. The van der Waals surface area contributed by atoms with Crippen LogP contribution in [0.3, 0.4) is 0 Å². The number of nitrogens with zero attached hydrogens (tertiary/aromatic N) is 1. The molecule has 2 aliphatic rings. The number of esters is 1. The van der Waals surface area contributed by atoms with Gasteiger partial charge in [0.25, 0.3) is 0 Å². The van der Waals surface area contributed by atoms with Crippen LogP contribution in [0.5, 0.6) is 0 Å². The fourth-order valence-corrected chi connectivity index (χ4v) is 4.49. The normalized spacial score (nSPS) is 23.2. The van der Waals surface area contributed by atoms with Crippen molar-refractivity contribution in [1.29, 1.82) is 0 Å². The van der Waals surface area contributed by atoms with E-state index in [1.165, 1.54) is 6.08 Å². The molecule has 3 unspecified atom stereocenters. The number of halogens is 4. The zero-order valence-electron chi connectivity index (χ0n) is 20.1. The fourth-order valence-electron chi connectivity index (χ4n) is 4.49. The molecule has 0 radical (unpaired) electrons. The third-order valence-corrected chi connectivity index (χ3v) is 6.12. The molecule has 1 heterocycles. The Morgan fingerprint density at radius 3 is 2.40 bits per heavy atom. The molecule has 1 aliphatic heterocycles. The van der Waals surface area contributed by atoms with Gasteiger partial charge in [-0.15, -0.1) is 0 Å². The highest BCUT2D eigenvalue weighted by Gasteiger charge is 2.50. The van der Waals surface area contributed by atoms with E-state index in [0.29, 0.717) is 31.9 Å². The number of carbonyl (C=O) groups is 1. The van der Waals surface area contributed by atoms with Crippen LogP contribution in [0.15, 0.2) is 47.7 Å². The second kappa shape index (κ2) is 11.1. The van der Waals surface area contributed by atoms with Gasteiger partial charge in [0.2, 0.25) is 5.85 Å². The zero-order valence-corrected chi connectivity index (χ0v) is 20.1. The van der Waals surface area contributed by atoms with E-state index in [0.717, 1.165) is 7.11 Å². The number of benzene rings is 1. The highest BCUT2D eigenvalue weighted by Crippen LogP contribution is 2.44.